The fourth-order valence-corrected chi connectivity index (χ4v) is 2.29. The molecule has 1 aliphatic heterocycles. The van der Waals surface area contributed by atoms with E-state index in [0.29, 0.717) is 24.4 Å². The number of hydrogen-bond donors (Lipinski definition) is 0. The smallest absolute Gasteiger partial charge is 0.232 e. The van der Waals surface area contributed by atoms with Crippen molar-refractivity contribution in [2.75, 3.05) is 20.2 Å². The molecule has 0 saturated carbocycles. The first-order valence-electron chi connectivity index (χ1n) is 5.99. The van der Waals surface area contributed by atoms with Crippen molar-refractivity contribution in [2.45, 2.75) is 31.2 Å². The second kappa shape index (κ2) is 6.17. The second-order valence-electron chi connectivity index (χ2n) is 4.40. The molecule has 2 rings (SSSR count). The Morgan fingerprint density at radius 1 is 1.53 bits per heavy atom. The van der Waals surface area contributed by atoms with Gasteiger partial charge in [0, 0.05) is 12.2 Å². The summed E-state index contributed by atoms with van der Waals surface area (Å²) >= 11 is 5.69. The third kappa shape index (κ3) is 3.54. The fourth-order valence-electron chi connectivity index (χ4n) is 2.16. The Hall–Kier alpha value is -0.870. The summed E-state index contributed by atoms with van der Waals surface area (Å²) in [7, 11) is 2.17. The van der Waals surface area contributed by atoms with Crippen LogP contribution in [0.1, 0.15) is 25.0 Å². The molecule has 2 heterocycles. The van der Waals surface area contributed by atoms with Crippen LogP contribution in [0.15, 0.2) is 12.4 Å². The van der Waals surface area contributed by atoms with Crippen LogP contribution in [0.5, 0.6) is 5.88 Å². The third-order valence-electron chi connectivity index (χ3n) is 3.17. The van der Waals surface area contributed by atoms with E-state index in [0.717, 1.165) is 12.1 Å². The number of aromatic nitrogens is 2. The Morgan fingerprint density at radius 2 is 2.41 bits per heavy atom. The highest BCUT2D eigenvalue weighted by Crippen LogP contribution is 2.18. The van der Waals surface area contributed by atoms with E-state index in [4.69, 9.17) is 16.3 Å². The lowest BCUT2D eigenvalue weighted by Crippen LogP contribution is -2.26. The number of likely N-dealkylation sites (tertiary alicyclic amines) is 1. The summed E-state index contributed by atoms with van der Waals surface area (Å²) in [5.74, 6) is 0.944. The zero-order chi connectivity index (χ0) is 12.1. The Morgan fingerprint density at radius 3 is 3.12 bits per heavy atom. The van der Waals surface area contributed by atoms with Crippen LogP contribution in [0.4, 0.5) is 0 Å². The molecule has 0 amide bonds. The molecule has 0 aliphatic carbocycles. The molecule has 1 aromatic heterocycles. The molecule has 1 fully saturated rings. The van der Waals surface area contributed by atoms with Gasteiger partial charge in [-0.1, -0.05) is 0 Å². The molecule has 0 radical (unpaired) electrons. The monoisotopic (exact) mass is 255 g/mol. The van der Waals surface area contributed by atoms with Gasteiger partial charge >= 0.3 is 0 Å². The van der Waals surface area contributed by atoms with E-state index < -0.39 is 0 Å². The quantitative estimate of drug-likeness (QED) is 0.755. The molecule has 1 aliphatic rings. The van der Waals surface area contributed by atoms with Gasteiger partial charge in [-0.2, -0.15) is 0 Å². The van der Waals surface area contributed by atoms with Crippen LogP contribution in [0.25, 0.3) is 0 Å². The zero-order valence-corrected chi connectivity index (χ0v) is 10.9. The molecular formula is C12H18ClN3O. The van der Waals surface area contributed by atoms with Crippen molar-refractivity contribution < 1.29 is 4.74 Å². The molecule has 94 valence electrons. The Kier molecular flexibility index (Phi) is 4.57. The summed E-state index contributed by atoms with van der Waals surface area (Å²) in [5.41, 5.74) is 0.752. The first kappa shape index (κ1) is 12.6. The Balaban J connectivity index is 1.77. The molecular weight excluding hydrogens is 238 g/mol. The maximum atomic E-state index is 5.69. The minimum atomic E-state index is 0.371. The van der Waals surface area contributed by atoms with Crippen molar-refractivity contribution in [1.82, 2.24) is 14.9 Å². The topological polar surface area (TPSA) is 38.2 Å². The van der Waals surface area contributed by atoms with E-state index in [9.17, 15) is 0 Å². The normalized spacial score (nSPS) is 20.7. The number of nitrogens with zero attached hydrogens (tertiary/aromatic N) is 3. The predicted octanol–water partition coefficient (Wildman–Crippen LogP) is 2.08. The predicted molar refractivity (Wildman–Crippen MR) is 67.4 cm³/mol. The van der Waals surface area contributed by atoms with Gasteiger partial charge in [0.05, 0.1) is 24.4 Å². The SMILES string of the molecule is CN1CCCC1CCOc1cncc(CCl)n1. The van der Waals surface area contributed by atoms with Crippen molar-refractivity contribution in [1.29, 1.82) is 0 Å². The molecule has 4 nitrogen and oxygen atoms in total. The van der Waals surface area contributed by atoms with Crippen LogP contribution >= 0.6 is 11.6 Å². The van der Waals surface area contributed by atoms with E-state index in [-0.39, 0.29) is 0 Å². The van der Waals surface area contributed by atoms with Crippen molar-refractivity contribution in [3.8, 4) is 5.88 Å². The van der Waals surface area contributed by atoms with Crippen LogP contribution in [0.2, 0.25) is 0 Å². The molecule has 1 aromatic rings. The summed E-state index contributed by atoms with van der Waals surface area (Å²) in [6.45, 7) is 1.89. The van der Waals surface area contributed by atoms with Gasteiger partial charge in [-0.15, -0.1) is 11.6 Å². The molecule has 5 heteroatoms. The molecule has 17 heavy (non-hydrogen) atoms. The average molecular weight is 256 g/mol. The minimum Gasteiger partial charge on any atom is -0.477 e. The maximum Gasteiger partial charge on any atom is 0.232 e. The lowest BCUT2D eigenvalue weighted by molar-refractivity contribution is 0.228. The van der Waals surface area contributed by atoms with Gasteiger partial charge in [0.1, 0.15) is 0 Å². The number of halogens is 1. The molecule has 1 atom stereocenters. The number of hydrogen-bond acceptors (Lipinski definition) is 4. The van der Waals surface area contributed by atoms with Gasteiger partial charge < -0.3 is 9.64 Å². The molecule has 0 N–H and O–H groups in total. The van der Waals surface area contributed by atoms with Crippen LogP contribution in [0.3, 0.4) is 0 Å². The molecule has 0 aromatic carbocycles. The first-order chi connectivity index (χ1) is 8.29. The average Bonchev–Trinajstić information content (AvgIpc) is 2.76. The van der Waals surface area contributed by atoms with Crippen molar-refractivity contribution in [3.63, 3.8) is 0 Å². The summed E-state index contributed by atoms with van der Waals surface area (Å²) in [5, 5.41) is 0. The van der Waals surface area contributed by atoms with Crippen molar-refractivity contribution >= 4 is 11.6 Å². The number of alkyl halides is 1. The van der Waals surface area contributed by atoms with Crippen molar-refractivity contribution in [3.05, 3.63) is 18.1 Å². The summed E-state index contributed by atoms with van der Waals surface area (Å²) in [4.78, 5) is 10.7. The first-order valence-corrected chi connectivity index (χ1v) is 6.53. The maximum absolute atomic E-state index is 5.69. The second-order valence-corrected chi connectivity index (χ2v) is 4.66. The minimum absolute atomic E-state index is 0.371. The molecule has 1 unspecified atom stereocenters. The van der Waals surface area contributed by atoms with E-state index >= 15 is 0 Å². The van der Waals surface area contributed by atoms with Crippen LogP contribution in [0, 0.1) is 0 Å². The fraction of sp³-hybridized carbons (Fsp3) is 0.667. The van der Waals surface area contributed by atoms with Crippen LogP contribution in [-0.2, 0) is 5.88 Å². The summed E-state index contributed by atoms with van der Waals surface area (Å²) in [6.07, 6.45) is 6.90. The highest BCUT2D eigenvalue weighted by atomic mass is 35.5. The Bertz CT molecular complexity index is 361. The summed E-state index contributed by atoms with van der Waals surface area (Å²) < 4.78 is 5.60. The molecule has 1 saturated heterocycles. The van der Waals surface area contributed by atoms with Gasteiger partial charge in [0.2, 0.25) is 5.88 Å². The van der Waals surface area contributed by atoms with E-state index in [2.05, 4.69) is 21.9 Å². The van der Waals surface area contributed by atoms with Crippen LogP contribution in [-0.4, -0.2) is 41.1 Å². The highest BCUT2D eigenvalue weighted by molar-refractivity contribution is 6.16. The van der Waals surface area contributed by atoms with Crippen molar-refractivity contribution in [2.24, 2.45) is 0 Å². The van der Waals surface area contributed by atoms with Gasteiger partial charge in [0.25, 0.3) is 0 Å². The van der Waals surface area contributed by atoms with Gasteiger partial charge in [-0.3, -0.25) is 4.98 Å². The third-order valence-corrected chi connectivity index (χ3v) is 3.45. The highest BCUT2D eigenvalue weighted by Gasteiger charge is 2.20. The van der Waals surface area contributed by atoms with Gasteiger partial charge in [-0.05, 0) is 32.9 Å². The largest absolute Gasteiger partial charge is 0.477 e. The zero-order valence-electron chi connectivity index (χ0n) is 10.1. The van der Waals surface area contributed by atoms with Gasteiger partial charge in [-0.25, -0.2) is 4.98 Å². The van der Waals surface area contributed by atoms with E-state index in [1.54, 1.807) is 12.4 Å². The van der Waals surface area contributed by atoms with E-state index in [1.165, 1.54) is 19.4 Å². The summed E-state index contributed by atoms with van der Waals surface area (Å²) in [6, 6.07) is 0.652. The standard InChI is InChI=1S/C12H18ClN3O/c1-16-5-2-3-11(16)4-6-17-12-9-14-8-10(7-13)15-12/h8-9,11H,2-7H2,1H3. The van der Waals surface area contributed by atoms with Crippen LogP contribution < -0.4 is 4.74 Å². The lowest BCUT2D eigenvalue weighted by atomic mass is 10.1. The molecule has 0 spiro atoms. The lowest BCUT2D eigenvalue weighted by Gasteiger charge is -2.18. The number of rotatable bonds is 5. The molecule has 0 bridgehead atoms. The Labute approximate surface area is 107 Å². The van der Waals surface area contributed by atoms with Gasteiger partial charge in [0.15, 0.2) is 0 Å². The number of ether oxygens (including phenoxy) is 1. The van der Waals surface area contributed by atoms with E-state index in [1.807, 2.05) is 0 Å².